The molecule has 0 fully saturated rings. The van der Waals surface area contributed by atoms with Crippen LogP contribution in [0.25, 0.3) is 0 Å². The van der Waals surface area contributed by atoms with Crippen molar-refractivity contribution in [2.24, 2.45) is 5.73 Å². The number of halogens is 2. The smallest absolute Gasteiger partial charge is 0.170 e. The van der Waals surface area contributed by atoms with Crippen LogP contribution >= 0.6 is 0 Å². The quantitative estimate of drug-likeness (QED) is 0.671. The van der Waals surface area contributed by atoms with Crippen LogP contribution in [-0.2, 0) is 6.42 Å². The Labute approximate surface area is 80.4 Å². The second-order valence-corrected chi connectivity index (χ2v) is 3.58. The summed E-state index contributed by atoms with van der Waals surface area (Å²) in [6.45, 7) is 0. The van der Waals surface area contributed by atoms with Crippen molar-refractivity contribution in [2.75, 3.05) is 0 Å². The topological polar surface area (TPSA) is 46.2 Å². The molecule has 1 atom stereocenters. The highest BCUT2D eigenvalue weighted by molar-refractivity contribution is 5.41. The molecule has 0 bridgehead atoms. The first-order valence-corrected chi connectivity index (χ1v) is 4.56. The Morgan fingerprint density at radius 1 is 1.43 bits per heavy atom. The van der Waals surface area contributed by atoms with Crippen LogP contribution in [0.1, 0.15) is 30.0 Å². The van der Waals surface area contributed by atoms with Gasteiger partial charge in [-0.2, -0.15) is 0 Å². The molecular weight excluding hydrogens is 188 g/mol. The van der Waals surface area contributed by atoms with E-state index in [4.69, 9.17) is 10.8 Å². The zero-order valence-electron chi connectivity index (χ0n) is 7.56. The summed E-state index contributed by atoms with van der Waals surface area (Å²) in [5, 5.41) is 9.10. The van der Waals surface area contributed by atoms with Gasteiger partial charge in [-0.25, -0.2) is 8.78 Å². The summed E-state index contributed by atoms with van der Waals surface area (Å²) in [6, 6.07) is 0.312. The monoisotopic (exact) mass is 199 g/mol. The van der Waals surface area contributed by atoms with E-state index in [9.17, 15) is 8.78 Å². The zero-order valence-corrected chi connectivity index (χ0v) is 7.56. The number of rotatable bonds is 0. The fourth-order valence-corrected chi connectivity index (χ4v) is 1.95. The highest BCUT2D eigenvalue weighted by Gasteiger charge is 2.25. The van der Waals surface area contributed by atoms with Gasteiger partial charge in [-0.3, -0.25) is 0 Å². The van der Waals surface area contributed by atoms with Gasteiger partial charge in [0, 0.05) is 17.7 Å². The van der Waals surface area contributed by atoms with Crippen LogP contribution in [0.4, 0.5) is 8.78 Å². The van der Waals surface area contributed by atoms with Crippen LogP contribution < -0.4 is 5.73 Å². The molecular formula is C10H11F2NO. The average Bonchev–Trinajstić information content (AvgIpc) is 2.14. The van der Waals surface area contributed by atoms with Crippen molar-refractivity contribution in [1.29, 1.82) is 0 Å². The molecule has 14 heavy (non-hydrogen) atoms. The second kappa shape index (κ2) is 3.20. The van der Waals surface area contributed by atoms with E-state index in [1.54, 1.807) is 0 Å². The molecule has 0 spiro atoms. The number of aromatic hydroxyl groups is 1. The van der Waals surface area contributed by atoms with Gasteiger partial charge in [0.15, 0.2) is 11.6 Å². The van der Waals surface area contributed by atoms with E-state index in [0.29, 0.717) is 18.4 Å². The number of phenols is 1. The van der Waals surface area contributed by atoms with Crippen LogP contribution in [-0.4, -0.2) is 5.11 Å². The van der Waals surface area contributed by atoms with Crippen LogP contribution in [0.2, 0.25) is 0 Å². The van der Waals surface area contributed by atoms with E-state index < -0.39 is 23.4 Å². The molecule has 0 aromatic heterocycles. The maximum atomic E-state index is 13.4. The summed E-state index contributed by atoms with van der Waals surface area (Å²) in [6.07, 6.45) is 1.88. The molecule has 0 radical (unpaired) electrons. The first-order valence-electron chi connectivity index (χ1n) is 4.56. The number of hydrogen-bond acceptors (Lipinski definition) is 2. The maximum Gasteiger partial charge on any atom is 0.170 e. The van der Waals surface area contributed by atoms with Crippen molar-refractivity contribution < 1.29 is 13.9 Å². The van der Waals surface area contributed by atoms with Crippen LogP contribution in [0.15, 0.2) is 6.07 Å². The molecule has 0 aliphatic heterocycles. The molecule has 1 aliphatic carbocycles. The van der Waals surface area contributed by atoms with Crippen molar-refractivity contribution in [3.8, 4) is 5.75 Å². The van der Waals surface area contributed by atoms with Gasteiger partial charge in [0.05, 0.1) is 0 Å². The van der Waals surface area contributed by atoms with Gasteiger partial charge in [-0.15, -0.1) is 0 Å². The molecule has 0 saturated carbocycles. The van der Waals surface area contributed by atoms with Crippen LogP contribution in [0.5, 0.6) is 5.75 Å². The molecule has 1 aliphatic rings. The minimum Gasteiger partial charge on any atom is -0.505 e. The van der Waals surface area contributed by atoms with E-state index in [1.807, 2.05) is 0 Å². The first-order chi connectivity index (χ1) is 6.61. The van der Waals surface area contributed by atoms with E-state index in [0.717, 1.165) is 12.5 Å². The number of benzene rings is 1. The lowest BCUT2D eigenvalue weighted by molar-refractivity contribution is 0.407. The van der Waals surface area contributed by atoms with Crippen molar-refractivity contribution in [3.63, 3.8) is 0 Å². The summed E-state index contributed by atoms with van der Waals surface area (Å²) in [4.78, 5) is 0. The predicted molar refractivity (Wildman–Crippen MR) is 47.9 cm³/mol. The number of hydrogen-bond donors (Lipinski definition) is 2. The third kappa shape index (κ3) is 1.26. The Morgan fingerprint density at radius 3 is 2.86 bits per heavy atom. The fourth-order valence-electron chi connectivity index (χ4n) is 1.95. The van der Waals surface area contributed by atoms with E-state index in [2.05, 4.69) is 0 Å². The maximum absolute atomic E-state index is 13.4. The summed E-state index contributed by atoms with van der Waals surface area (Å²) < 4.78 is 26.7. The van der Waals surface area contributed by atoms with Gasteiger partial charge in [-0.05, 0) is 24.8 Å². The molecule has 4 heteroatoms. The molecule has 76 valence electrons. The van der Waals surface area contributed by atoms with Gasteiger partial charge >= 0.3 is 0 Å². The first kappa shape index (κ1) is 9.40. The van der Waals surface area contributed by atoms with Gasteiger partial charge < -0.3 is 10.8 Å². The highest BCUT2D eigenvalue weighted by Crippen LogP contribution is 2.35. The SMILES string of the molecule is N[C@H]1CCCc2c(F)cc(O)c(F)c21. The molecule has 0 amide bonds. The third-order valence-corrected chi connectivity index (χ3v) is 2.65. The average molecular weight is 199 g/mol. The normalized spacial score (nSPS) is 20.6. The summed E-state index contributed by atoms with van der Waals surface area (Å²) >= 11 is 0. The number of nitrogens with two attached hydrogens (primary N) is 1. The molecule has 0 unspecified atom stereocenters. The van der Waals surface area contributed by atoms with Crippen molar-refractivity contribution in [3.05, 3.63) is 28.8 Å². The van der Waals surface area contributed by atoms with Gasteiger partial charge in [0.2, 0.25) is 0 Å². The molecule has 0 saturated heterocycles. The van der Waals surface area contributed by atoms with Gasteiger partial charge in [0.1, 0.15) is 5.82 Å². The molecule has 1 aromatic rings. The summed E-state index contributed by atoms with van der Waals surface area (Å²) in [7, 11) is 0. The Hall–Kier alpha value is -1.16. The molecule has 0 heterocycles. The van der Waals surface area contributed by atoms with Crippen molar-refractivity contribution >= 4 is 0 Å². The largest absolute Gasteiger partial charge is 0.505 e. The third-order valence-electron chi connectivity index (χ3n) is 2.65. The lowest BCUT2D eigenvalue weighted by Crippen LogP contribution is -2.20. The number of phenolic OH excluding ortho intramolecular Hbond substituents is 1. The van der Waals surface area contributed by atoms with Crippen molar-refractivity contribution in [1.82, 2.24) is 0 Å². The van der Waals surface area contributed by atoms with Gasteiger partial charge in [-0.1, -0.05) is 0 Å². The predicted octanol–water partition coefficient (Wildman–Crippen LogP) is 2.01. The fraction of sp³-hybridized carbons (Fsp3) is 0.400. The lowest BCUT2D eigenvalue weighted by atomic mass is 9.87. The van der Waals surface area contributed by atoms with Crippen LogP contribution in [0, 0.1) is 11.6 Å². The number of fused-ring (bicyclic) bond motifs is 1. The van der Waals surface area contributed by atoms with E-state index in [1.165, 1.54) is 0 Å². The molecule has 3 N–H and O–H groups in total. The van der Waals surface area contributed by atoms with Crippen molar-refractivity contribution in [2.45, 2.75) is 25.3 Å². The summed E-state index contributed by atoms with van der Waals surface area (Å²) in [5.41, 5.74) is 6.13. The minimum atomic E-state index is -0.770. The molecule has 1 aromatic carbocycles. The standard InChI is InChI=1S/C10H11F2NO/c11-6-4-8(14)10(12)9-5(6)2-1-3-7(9)13/h4,7,14H,1-3,13H2/t7-/m0/s1. The van der Waals surface area contributed by atoms with E-state index in [-0.39, 0.29) is 5.56 Å². The summed E-state index contributed by atoms with van der Waals surface area (Å²) in [5.74, 6) is -1.98. The Bertz CT molecular complexity index is 379. The zero-order chi connectivity index (χ0) is 10.3. The van der Waals surface area contributed by atoms with Gasteiger partial charge in [0.25, 0.3) is 0 Å². The Balaban J connectivity index is 2.67. The minimum absolute atomic E-state index is 0.147. The highest BCUT2D eigenvalue weighted by atomic mass is 19.1. The molecule has 2 rings (SSSR count). The molecule has 2 nitrogen and oxygen atoms in total. The van der Waals surface area contributed by atoms with Crippen LogP contribution in [0.3, 0.4) is 0 Å². The van der Waals surface area contributed by atoms with E-state index >= 15 is 0 Å². The lowest BCUT2D eigenvalue weighted by Gasteiger charge is -2.23. The Morgan fingerprint density at radius 2 is 2.14 bits per heavy atom. The second-order valence-electron chi connectivity index (χ2n) is 3.58. The Kier molecular flexibility index (Phi) is 2.15.